The SMILES string of the molecule is [CH2]CCCCCCCCCCC(=O)Oc1ccc(-c2ncc(CCCCCCCC)cn2)cc1. The summed E-state index contributed by atoms with van der Waals surface area (Å²) < 4.78 is 5.49. The minimum Gasteiger partial charge on any atom is -0.427 e. The highest BCUT2D eigenvalue weighted by Gasteiger charge is 2.07. The fourth-order valence-electron chi connectivity index (χ4n) is 4.10. The van der Waals surface area contributed by atoms with Crippen LogP contribution in [-0.2, 0) is 11.2 Å². The van der Waals surface area contributed by atoms with Crippen molar-refractivity contribution in [2.45, 2.75) is 116 Å². The number of nitrogens with zero attached hydrogens (tertiary/aromatic N) is 2. The summed E-state index contributed by atoms with van der Waals surface area (Å²) in [7, 11) is 0. The smallest absolute Gasteiger partial charge is 0.311 e. The Labute approximate surface area is 208 Å². The molecule has 0 amide bonds. The topological polar surface area (TPSA) is 52.1 Å². The lowest BCUT2D eigenvalue weighted by Crippen LogP contribution is -2.07. The minimum absolute atomic E-state index is 0.154. The third-order valence-corrected chi connectivity index (χ3v) is 6.25. The molecule has 1 radical (unpaired) electrons. The number of unbranched alkanes of at least 4 members (excludes halogenated alkanes) is 13. The van der Waals surface area contributed by atoms with Crippen LogP contribution in [0.2, 0.25) is 0 Å². The highest BCUT2D eigenvalue weighted by molar-refractivity contribution is 5.72. The first-order valence-electron chi connectivity index (χ1n) is 13.6. The molecule has 0 spiro atoms. The van der Waals surface area contributed by atoms with Crippen molar-refractivity contribution < 1.29 is 9.53 Å². The van der Waals surface area contributed by atoms with Crippen molar-refractivity contribution >= 4 is 5.97 Å². The van der Waals surface area contributed by atoms with Crippen molar-refractivity contribution in [3.63, 3.8) is 0 Å². The van der Waals surface area contributed by atoms with Gasteiger partial charge in [-0.1, -0.05) is 97.3 Å². The molecule has 0 aliphatic heterocycles. The highest BCUT2D eigenvalue weighted by Crippen LogP contribution is 2.20. The van der Waals surface area contributed by atoms with Gasteiger partial charge in [-0.3, -0.25) is 4.79 Å². The van der Waals surface area contributed by atoms with Gasteiger partial charge in [0.15, 0.2) is 5.82 Å². The van der Waals surface area contributed by atoms with E-state index in [-0.39, 0.29) is 5.97 Å². The molecule has 0 aliphatic carbocycles. The number of hydrogen-bond acceptors (Lipinski definition) is 4. The Bertz CT molecular complexity index is 771. The van der Waals surface area contributed by atoms with E-state index >= 15 is 0 Å². The van der Waals surface area contributed by atoms with Gasteiger partial charge in [-0.15, -0.1) is 0 Å². The number of hydrogen-bond donors (Lipinski definition) is 0. The second-order valence-electron chi connectivity index (χ2n) is 9.36. The Morgan fingerprint density at radius 2 is 1.32 bits per heavy atom. The van der Waals surface area contributed by atoms with Gasteiger partial charge in [0.25, 0.3) is 0 Å². The second kappa shape index (κ2) is 18.1. The van der Waals surface area contributed by atoms with Crippen molar-refractivity contribution in [3.05, 3.63) is 49.1 Å². The van der Waals surface area contributed by atoms with E-state index in [0.29, 0.717) is 18.0 Å². The van der Waals surface area contributed by atoms with Gasteiger partial charge in [-0.2, -0.15) is 0 Å². The molecule has 0 aliphatic rings. The van der Waals surface area contributed by atoms with Crippen LogP contribution in [0.25, 0.3) is 11.4 Å². The standard InChI is InChI=1S/C30H45N2O2/c1-3-5-7-9-11-12-13-15-17-19-29(33)34-28-22-20-27(21-23-28)30-31-24-26(25-32-30)18-16-14-10-8-6-4-2/h20-25H,1,3-19H2,2H3. The number of benzene rings is 1. The molecular weight excluding hydrogens is 420 g/mol. The van der Waals surface area contributed by atoms with Gasteiger partial charge < -0.3 is 4.74 Å². The summed E-state index contributed by atoms with van der Waals surface area (Å²) in [6, 6.07) is 7.49. The summed E-state index contributed by atoms with van der Waals surface area (Å²) in [6.07, 6.45) is 23.8. The monoisotopic (exact) mass is 465 g/mol. The minimum atomic E-state index is -0.154. The number of carbonyl (C=O) groups is 1. The Hall–Kier alpha value is -2.23. The normalized spacial score (nSPS) is 11.0. The molecule has 1 aromatic heterocycles. The van der Waals surface area contributed by atoms with E-state index in [9.17, 15) is 4.79 Å². The van der Waals surface area contributed by atoms with Gasteiger partial charge in [0.1, 0.15) is 5.75 Å². The van der Waals surface area contributed by atoms with Gasteiger partial charge in [0.05, 0.1) is 0 Å². The molecule has 0 saturated heterocycles. The van der Waals surface area contributed by atoms with Gasteiger partial charge in [0.2, 0.25) is 0 Å². The third-order valence-electron chi connectivity index (χ3n) is 6.25. The summed E-state index contributed by atoms with van der Waals surface area (Å²) >= 11 is 0. The van der Waals surface area contributed by atoms with Crippen LogP contribution in [0, 0.1) is 6.92 Å². The molecule has 2 rings (SSSR count). The number of carbonyl (C=O) groups excluding carboxylic acids is 1. The van der Waals surface area contributed by atoms with Crippen molar-refractivity contribution in [2.24, 2.45) is 0 Å². The molecule has 1 aromatic carbocycles. The van der Waals surface area contributed by atoms with Crippen LogP contribution in [0.3, 0.4) is 0 Å². The summed E-state index contributed by atoms with van der Waals surface area (Å²) in [5, 5.41) is 0. The highest BCUT2D eigenvalue weighted by atomic mass is 16.5. The molecule has 4 nitrogen and oxygen atoms in total. The first-order chi connectivity index (χ1) is 16.7. The van der Waals surface area contributed by atoms with Crippen molar-refractivity contribution in [1.29, 1.82) is 0 Å². The largest absolute Gasteiger partial charge is 0.427 e. The predicted octanol–water partition coefficient (Wildman–Crippen LogP) is 8.69. The summed E-state index contributed by atoms with van der Waals surface area (Å²) in [4.78, 5) is 21.2. The van der Waals surface area contributed by atoms with Crippen LogP contribution >= 0.6 is 0 Å². The summed E-state index contributed by atoms with van der Waals surface area (Å²) in [5.74, 6) is 1.13. The summed E-state index contributed by atoms with van der Waals surface area (Å²) in [5.41, 5.74) is 2.12. The van der Waals surface area contributed by atoms with E-state index in [1.807, 2.05) is 36.7 Å². The zero-order valence-electron chi connectivity index (χ0n) is 21.4. The van der Waals surface area contributed by atoms with Gasteiger partial charge >= 0.3 is 5.97 Å². The third kappa shape index (κ3) is 12.3. The van der Waals surface area contributed by atoms with Crippen molar-refractivity contribution in [1.82, 2.24) is 9.97 Å². The van der Waals surface area contributed by atoms with E-state index in [4.69, 9.17) is 4.74 Å². The average molecular weight is 466 g/mol. The molecule has 0 saturated carbocycles. The fraction of sp³-hybridized carbons (Fsp3) is 0.600. The van der Waals surface area contributed by atoms with E-state index in [1.165, 1.54) is 82.6 Å². The first kappa shape index (κ1) is 28.0. The van der Waals surface area contributed by atoms with Crippen molar-refractivity contribution in [3.8, 4) is 17.1 Å². The predicted molar refractivity (Wildman–Crippen MR) is 142 cm³/mol. The van der Waals surface area contributed by atoms with Crippen LogP contribution in [0.5, 0.6) is 5.75 Å². The first-order valence-corrected chi connectivity index (χ1v) is 13.6. The lowest BCUT2D eigenvalue weighted by atomic mass is 10.1. The number of esters is 1. The zero-order chi connectivity index (χ0) is 24.3. The Kier molecular flexibility index (Phi) is 14.9. The van der Waals surface area contributed by atoms with Gasteiger partial charge in [-0.25, -0.2) is 9.97 Å². The molecule has 0 unspecified atom stereocenters. The Morgan fingerprint density at radius 3 is 1.94 bits per heavy atom. The lowest BCUT2D eigenvalue weighted by molar-refractivity contribution is -0.134. The molecule has 34 heavy (non-hydrogen) atoms. The van der Waals surface area contributed by atoms with Crippen LogP contribution in [-0.4, -0.2) is 15.9 Å². The van der Waals surface area contributed by atoms with Crippen LogP contribution < -0.4 is 4.74 Å². The fourth-order valence-corrected chi connectivity index (χ4v) is 4.10. The summed E-state index contributed by atoms with van der Waals surface area (Å²) in [6.45, 7) is 6.13. The van der Waals surface area contributed by atoms with E-state index in [2.05, 4.69) is 23.8 Å². The number of aromatic nitrogens is 2. The number of ether oxygens (including phenoxy) is 1. The maximum Gasteiger partial charge on any atom is 0.311 e. The molecule has 0 N–H and O–H groups in total. The van der Waals surface area contributed by atoms with E-state index in [1.54, 1.807) is 0 Å². The maximum atomic E-state index is 12.1. The van der Waals surface area contributed by atoms with Gasteiger partial charge in [-0.05, 0) is 49.1 Å². The van der Waals surface area contributed by atoms with Crippen LogP contribution in [0.4, 0.5) is 0 Å². The lowest BCUT2D eigenvalue weighted by Gasteiger charge is -2.06. The molecular formula is C30H45N2O2. The van der Waals surface area contributed by atoms with E-state index < -0.39 is 0 Å². The molecule has 0 atom stereocenters. The molecule has 1 heterocycles. The van der Waals surface area contributed by atoms with Crippen LogP contribution in [0.15, 0.2) is 36.7 Å². The molecule has 4 heteroatoms. The number of rotatable bonds is 19. The van der Waals surface area contributed by atoms with Crippen LogP contribution in [0.1, 0.15) is 115 Å². The average Bonchev–Trinajstić information content (AvgIpc) is 2.86. The quantitative estimate of drug-likeness (QED) is 0.118. The molecule has 187 valence electrons. The van der Waals surface area contributed by atoms with Gasteiger partial charge in [0, 0.05) is 24.4 Å². The van der Waals surface area contributed by atoms with Crippen molar-refractivity contribution in [2.75, 3.05) is 0 Å². The molecule has 0 bridgehead atoms. The maximum absolute atomic E-state index is 12.1. The molecule has 0 fully saturated rings. The zero-order valence-corrected chi connectivity index (χ0v) is 21.4. The number of aryl methyl sites for hydroxylation is 1. The second-order valence-corrected chi connectivity index (χ2v) is 9.36. The van der Waals surface area contributed by atoms with E-state index in [0.717, 1.165) is 31.2 Å². The molecule has 2 aromatic rings. The Balaban J connectivity index is 1.63. The Morgan fingerprint density at radius 1 is 0.765 bits per heavy atom.